The van der Waals surface area contributed by atoms with Crippen LogP contribution in [-0.4, -0.2) is 28.7 Å². The van der Waals surface area contributed by atoms with E-state index >= 15 is 0 Å². The molecule has 0 aliphatic carbocycles. The van der Waals surface area contributed by atoms with E-state index in [0.29, 0.717) is 12.1 Å². The Labute approximate surface area is 166 Å². The smallest absolute Gasteiger partial charge is 0.306 e. The van der Waals surface area contributed by atoms with Crippen LogP contribution in [0.25, 0.3) is 10.2 Å². The number of esters is 1. The van der Waals surface area contributed by atoms with Crippen LogP contribution in [0.4, 0.5) is 5.69 Å². The normalized spacial score (nSPS) is 11.9. The quantitative estimate of drug-likeness (QED) is 0.336. The van der Waals surface area contributed by atoms with Crippen molar-refractivity contribution in [3.05, 3.63) is 54.6 Å². The van der Waals surface area contributed by atoms with Crippen LogP contribution in [0.5, 0.6) is 0 Å². The molecule has 3 rings (SSSR count). The molecule has 5 nitrogen and oxygen atoms in total. The number of benzene rings is 2. The van der Waals surface area contributed by atoms with E-state index < -0.39 is 6.10 Å². The van der Waals surface area contributed by atoms with E-state index in [1.54, 1.807) is 42.2 Å². The van der Waals surface area contributed by atoms with Gasteiger partial charge in [0, 0.05) is 17.9 Å². The maximum atomic E-state index is 12.0. The summed E-state index contributed by atoms with van der Waals surface area (Å²) in [5, 5.41) is 2.72. The fourth-order valence-electron chi connectivity index (χ4n) is 2.36. The Morgan fingerprint density at radius 3 is 2.67 bits per heavy atom. The molecule has 0 saturated carbocycles. The third-order valence-electron chi connectivity index (χ3n) is 3.74. The zero-order valence-electron chi connectivity index (χ0n) is 14.9. The molecule has 27 heavy (non-hydrogen) atoms. The Balaban J connectivity index is 1.37. The Hall–Kier alpha value is -2.38. The highest BCUT2D eigenvalue weighted by Gasteiger charge is 2.17. The number of hydrogen-bond acceptors (Lipinski definition) is 6. The second kappa shape index (κ2) is 9.53. The third-order valence-corrected chi connectivity index (χ3v) is 6.01. The number of anilines is 1. The van der Waals surface area contributed by atoms with Gasteiger partial charge in [-0.2, -0.15) is 0 Å². The maximum absolute atomic E-state index is 12.0. The highest BCUT2D eigenvalue weighted by atomic mass is 32.2. The molecule has 2 aromatic carbocycles. The van der Waals surface area contributed by atoms with Crippen LogP contribution < -0.4 is 5.32 Å². The van der Waals surface area contributed by atoms with E-state index in [-0.39, 0.29) is 18.3 Å². The number of fused-ring (bicyclic) bond motifs is 1. The van der Waals surface area contributed by atoms with E-state index in [1.807, 2.05) is 36.4 Å². The van der Waals surface area contributed by atoms with Gasteiger partial charge in [-0.1, -0.05) is 42.1 Å². The monoisotopic (exact) mass is 400 g/mol. The first-order valence-electron chi connectivity index (χ1n) is 8.65. The number of amides is 1. The van der Waals surface area contributed by atoms with Gasteiger partial charge in [0.25, 0.3) is 5.91 Å². The number of thioether (sulfide) groups is 1. The van der Waals surface area contributed by atoms with Gasteiger partial charge in [0.2, 0.25) is 0 Å². The van der Waals surface area contributed by atoms with Gasteiger partial charge < -0.3 is 10.1 Å². The molecule has 0 saturated heterocycles. The van der Waals surface area contributed by atoms with Crippen molar-refractivity contribution in [2.24, 2.45) is 0 Å². The van der Waals surface area contributed by atoms with Crippen LogP contribution in [-0.2, 0) is 14.3 Å². The van der Waals surface area contributed by atoms with Gasteiger partial charge in [0.1, 0.15) is 0 Å². The first-order chi connectivity index (χ1) is 13.1. The number of thiazole rings is 1. The summed E-state index contributed by atoms with van der Waals surface area (Å²) in [5.74, 6) is 0.0773. The van der Waals surface area contributed by atoms with Crippen LogP contribution in [0.3, 0.4) is 0 Å². The average Bonchev–Trinajstić information content (AvgIpc) is 3.09. The molecule has 0 radical (unpaired) electrons. The lowest BCUT2D eigenvalue weighted by molar-refractivity contribution is -0.153. The number of nitrogens with zero attached hydrogens (tertiary/aromatic N) is 1. The number of aromatic nitrogens is 1. The summed E-state index contributed by atoms with van der Waals surface area (Å²) in [6.45, 7) is 1.58. The van der Waals surface area contributed by atoms with Crippen LogP contribution in [0.2, 0.25) is 0 Å². The van der Waals surface area contributed by atoms with Crippen LogP contribution in [0, 0.1) is 0 Å². The summed E-state index contributed by atoms with van der Waals surface area (Å²) in [7, 11) is 0. The van der Waals surface area contributed by atoms with E-state index in [0.717, 1.165) is 20.3 Å². The van der Waals surface area contributed by atoms with Gasteiger partial charge in [-0.3, -0.25) is 9.59 Å². The minimum absolute atomic E-state index is 0.279. The molecule has 1 heterocycles. The van der Waals surface area contributed by atoms with Gasteiger partial charge in [-0.25, -0.2) is 4.98 Å². The zero-order chi connectivity index (χ0) is 19.1. The minimum atomic E-state index is -0.824. The van der Waals surface area contributed by atoms with E-state index in [9.17, 15) is 9.59 Å². The van der Waals surface area contributed by atoms with Crippen molar-refractivity contribution in [3.63, 3.8) is 0 Å². The van der Waals surface area contributed by atoms with Crippen LogP contribution in [0.15, 0.2) is 58.9 Å². The van der Waals surface area contributed by atoms with Gasteiger partial charge in [-0.05, 0) is 37.6 Å². The minimum Gasteiger partial charge on any atom is -0.453 e. The summed E-state index contributed by atoms with van der Waals surface area (Å²) < 4.78 is 7.38. The first-order valence-corrected chi connectivity index (χ1v) is 10.5. The maximum Gasteiger partial charge on any atom is 0.306 e. The molecule has 140 valence electrons. The largest absolute Gasteiger partial charge is 0.453 e. The molecule has 0 bridgehead atoms. The van der Waals surface area contributed by atoms with E-state index in [4.69, 9.17) is 4.74 Å². The molecule has 1 atom stereocenters. The van der Waals surface area contributed by atoms with E-state index in [2.05, 4.69) is 16.4 Å². The van der Waals surface area contributed by atoms with Gasteiger partial charge in [0.05, 0.1) is 10.2 Å². The first kappa shape index (κ1) is 19.4. The molecular formula is C20H20N2O3S2. The number of carbonyl (C=O) groups is 2. The lowest BCUT2D eigenvalue weighted by Crippen LogP contribution is -2.29. The van der Waals surface area contributed by atoms with Crippen LogP contribution in [0.1, 0.15) is 19.8 Å². The van der Waals surface area contributed by atoms with Crippen molar-refractivity contribution < 1.29 is 14.3 Å². The number of nitrogens with one attached hydrogen (secondary N) is 1. The fraction of sp³-hybridized carbons (Fsp3) is 0.250. The Bertz CT molecular complexity index is 879. The number of rotatable bonds is 8. The van der Waals surface area contributed by atoms with E-state index in [1.165, 1.54) is 0 Å². The summed E-state index contributed by atoms with van der Waals surface area (Å²) >= 11 is 3.29. The molecule has 0 fully saturated rings. The zero-order valence-corrected chi connectivity index (χ0v) is 16.5. The van der Waals surface area contributed by atoms with Crippen LogP contribution >= 0.6 is 23.1 Å². The molecular weight excluding hydrogens is 380 g/mol. The highest BCUT2D eigenvalue weighted by Crippen LogP contribution is 2.29. The SMILES string of the molecule is C[C@@H](OC(=O)CCCSc1nc2ccccc2s1)C(=O)Nc1ccccc1. The van der Waals surface area contributed by atoms with Crippen molar-refractivity contribution in [3.8, 4) is 0 Å². The molecule has 7 heteroatoms. The van der Waals surface area contributed by atoms with Gasteiger partial charge in [0.15, 0.2) is 10.4 Å². The Kier molecular flexibility index (Phi) is 6.84. The summed E-state index contributed by atoms with van der Waals surface area (Å²) in [6, 6.07) is 17.1. The molecule has 3 aromatic rings. The second-order valence-corrected chi connectivity index (χ2v) is 8.26. The lowest BCUT2D eigenvalue weighted by atomic mass is 10.3. The molecule has 0 aliphatic heterocycles. The van der Waals surface area contributed by atoms with Crippen molar-refractivity contribution in [2.75, 3.05) is 11.1 Å². The van der Waals surface area contributed by atoms with Crippen molar-refractivity contribution in [1.29, 1.82) is 0 Å². The molecule has 0 spiro atoms. The number of hydrogen-bond donors (Lipinski definition) is 1. The highest BCUT2D eigenvalue weighted by molar-refractivity contribution is 8.01. The summed E-state index contributed by atoms with van der Waals surface area (Å²) in [6.07, 6.45) is 0.127. The van der Waals surface area contributed by atoms with Crippen molar-refractivity contribution in [1.82, 2.24) is 4.98 Å². The second-order valence-electron chi connectivity index (χ2n) is 5.89. The summed E-state index contributed by atoms with van der Waals surface area (Å²) in [5.41, 5.74) is 1.68. The van der Waals surface area contributed by atoms with Crippen molar-refractivity contribution in [2.45, 2.75) is 30.2 Å². The number of carbonyl (C=O) groups excluding carboxylic acids is 2. The average molecular weight is 401 g/mol. The van der Waals surface area contributed by atoms with Gasteiger partial charge >= 0.3 is 5.97 Å². The summed E-state index contributed by atoms with van der Waals surface area (Å²) in [4.78, 5) is 28.5. The third kappa shape index (κ3) is 5.80. The Morgan fingerprint density at radius 1 is 1.15 bits per heavy atom. The lowest BCUT2D eigenvalue weighted by Gasteiger charge is -2.13. The molecule has 0 aliphatic rings. The Morgan fingerprint density at radius 2 is 1.89 bits per heavy atom. The fourth-order valence-corrected chi connectivity index (χ4v) is 4.44. The topological polar surface area (TPSA) is 68.3 Å². The molecule has 1 amide bonds. The standard InChI is InChI=1S/C20H20N2O3S2/c1-14(19(24)21-15-8-3-2-4-9-15)25-18(23)12-7-13-26-20-22-16-10-5-6-11-17(16)27-20/h2-6,8-11,14H,7,12-13H2,1H3,(H,21,24)/t14-/m1/s1. The molecule has 1 N–H and O–H groups in total. The van der Waals surface area contributed by atoms with Crippen molar-refractivity contribution >= 4 is 50.9 Å². The number of para-hydroxylation sites is 2. The predicted molar refractivity (Wildman–Crippen MR) is 110 cm³/mol. The predicted octanol–water partition coefficient (Wildman–Crippen LogP) is 4.74. The number of ether oxygens (including phenoxy) is 1. The molecule has 1 aromatic heterocycles. The van der Waals surface area contributed by atoms with Gasteiger partial charge in [-0.15, -0.1) is 11.3 Å². The molecule has 0 unspecified atom stereocenters.